The molecule has 1 unspecified atom stereocenters. The Kier molecular flexibility index (Phi) is 5.02. The van der Waals surface area contributed by atoms with Gasteiger partial charge in [0, 0.05) is 31.5 Å². The highest BCUT2D eigenvalue weighted by Crippen LogP contribution is 2.45. The van der Waals surface area contributed by atoms with Gasteiger partial charge in [-0.2, -0.15) is 0 Å². The fourth-order valence-electron chi connectivity index (χ4n) is 3.50. The van der Waals surface area contributed by atoms with Crippen molar-refractivity contribution >= 4 is 35.1 Å². The van der Waals surface area contributed by atoms with E-state index in [0.717, 1.165) is 0 Å². The quantitative estimate of drug-likeness (QED) is 0.707. The number of fused-ring (bicyclic) bond motifs is 3. The SMILES string of the molecule is C=C(Cl)COC(=O)C12CCC(=O)N1c1ccccc1C(=O)N2CCOC. The standard InChI is InChI=1S/C18H19ClN2O5/c1-12(19)11-26-17(24)18-8-7-15(22)21(18)14-6-4-3-5-13(14)16(23)20(18)9-10-25-2/h3-6H,1,7-11H2,2H3. The number of halogens is 1. The van der Waals surface area contributed by atoms with Crippen molar-refractivity contribution in [2.75, 3.05) is 31.8 Å². The number of hydrogen-bond donors (Lipinski definition) is 0. The molecule has 1 aromatic carbocycles. The maximum atomic E-state index is 13.1. The minimum atomic E-state index is -1.53. The maximum absolute atomic E-state index is 13.1. The third-order valence-electron chi connectivity index (χ3n) is 4.58. The summed E-state index contributed by atoms with van der Waals surface area (Å²) in [4.78, 5) is 41.5. The van der Waals surface area contributed by atoms with Crippen molar-refractivity contribution < 1.29 is 23.9 Å². The van der Waals surface area contributed by atoms with Gasteiger partial charge in [-0.05, 0) is 12.1 Å². The summed E-state index contributed by atoms with van der Waals surface area (Å²) in [6.07, 6.45) is 0.269. The Balaban J connectivity index is 2.12. The number of para-hydroxylation sites is 1. The van der Waals surface area contributed by atoms with E-state index in [1.807, 2.05) is 0 Å². The van der Waals surface area contributed by atoms with Crippen LogP contribution in [0.15, 0.2) is 35.9 Å². The van der Waals surface area contributed by atoms with Crippen molar-refractivity contribution in [2.45, 2.75) is 18.5 Å². The summed E-state index contributed by atoms with van der Waals surface area (Å²) >= 11 is 5.71. The van der Waals surface area contributed by atoms with Gasteiger partial charge >= 0.3 is 5.97 Å². The largest absolute Gasteiger partial charge is 0.457 e. The van der Waals surface area contributed by atoms with E-state index in [-0.39, 0.29) is 49.4 Å². The molecule has 1 fully saturated rings. The fraction of sp³-hybridized carbons (Fsp3) is 0.389. The molecule has 0 N–H and O–H groups in total. The van der Waals surface area contributed by atoms with E-state index >= 15 is 0 Å². The first-order chi connectivity index (χ1) is 12.4. The molecule has 2 amide bonds. The van der Waals surface area contributed by atoms with Crippen LogP contribution < -0.4 is 4.90 Å². The predicted octanol–water partition coefficient (Wildman–Crippen LogP) is 1.91. The van der Waals surface area contributed by atoms with E-state index < -0.39 is 11.6 Å². The molecule has 0 aromatic heterocycles. The lowest BCUT2D eigenvalue weighted by atomic mass is 9.96. The van der Waals surface area contributed by atoms with Crippen LogP contribution in [0.3, 0.4) is 0 Å². The van der Waals surface area contributed by atoms with E-state index in [1.165, 1.54) is 16.9 Å². The monoisotopic (exact) mass is 378 g/mol. The number of amides is 2. The zero-order valence-electron chi connectivity index (χ0n) is 14.4. The number of carbonyl (C=O) groups is 3. The van der Waals surface area contributed by atoms with Crippen molar-refractivity contribution in [1.29, 1.82) is 0 Å². The number of nitrogens with zero attached hydrogens (tertiary/aromatic N) is 2. The highest BCUT2D eigenvalue weighted by Gasteiger charge is 2.61. The molecule has 138 valence electrons. The van der Waals surface area contributed by atoms with Crippen LogP contribution >= 0.6 is 11.6 Å². The predicted molar refractivity (Wildman–Crippen MR) is 94.8 cm³/mol. The molecule has 0 radical (unpaired) electrons. The minimum absolute atomic E-state index is 0.127. The molecule has 2 aliphatic rings. The van der Waals surface area contributed by atoms with Crippen molar-refractivity contribution in [3.05, 3.63) is 41.4 Å². The van der Waals surface area contributed by atoms with Crippen LogP contribution in [0.5, 0.6) is 0 Å². The van der Waals surface area contributed by atoms with Gasteiger partial charge in [0.15, 0.2) is 0 Å². The van der Waals surface area contributed by atoms with Gasteiger partial charge in [-0.1, -0.05) is 30.3 Å². The second kappa shape index (κ2) is 7.09. The van der Waals surface area contributed by atoms with E-state index in [4.69, 9.17) is 21.1 Å². The van der Waals surface area contributed by atoms with Gasteiger partial charge in [0.2, 0.25) is 11.6 Å². The van der Waals surface area contributed by atoms with Gasteiger partial charge in [0.05, 0.1) is 17.9 Å². The number of methoxy groups -OCH3 is 1. The average Bonchev–Trinajstić information content (AvgIpc) is 2.98. The number of rotatable bonds is 6. The smallest absolute Gasteiger partial charge is 0.354 e. The molecule has 7 nitrogen and oxygen atoms in total. The molecule has 0 aliphatic carbocycles. The third kappa shape index (κ3) is 2.77. The van der Waals surface area contributed by atoms with Crippen LogP contribution in [0.2, 0.25) is 0 Å². The molecule has 1 aromatic rings. The molecule has 3 rings (SSSR count). The van der Waals surface area contributed by atoms with Gasteiger partial charge in [-0.3, -0.25) is 14.5 Å². The number of ether oxygens (including phenoxy) is 2. The van der Waals surface area contributed by atoms with Crippen LogP contribution in [-0.2, 0) is 19.1 Å². The molecule has 2 aliphatic heterocycles. The molecule has 1 atom stereocenters. The Morgan fingerprint density at radius 2 is 2.08 bits per heavy atom. The van der Waals surface area contributed by atoms with Crippen LogP contribution in [0, 0.1) is 0 Å². The molecule has 1 saturated heterocycles. The molecule has 8 heteroatoms. The van der Waals surface area contributed by atoms with Crippen LogP contribution in [0.4, 0.5) is 5.69 Å². The van der Waals surface area contributed by atoms with E-state index in [1.54, 1.807) is 24.3 Å². The van der Waals surface area contributed by atoms with E-state index in [0.29, 0.717) is 11.3 Å². The Labute approximate surface area is 156 Å². The summed E-state index contributed by atoms with van der Waals surface area (Å²) in [6.45, 7) is 3.66. The van der Waals surface area contributed by atoms with Crippen molar-refractivity contribution in [2.24, 2.45) is 0 Å². The number of hydrogen-bond acceptors (Lipinski definition) is 5. The zero-order chi connectivity index (χ0) is 18.9. The topological polar surface area (TPSA) is 76.2 Å². The number of anilines is 1. The Hall–Kier alpha value is -2.38. The van der Waals surface area contributed by atoms with Gasteiger partial charge < -0.3 is 14.4 Å². The average molecular weight is 379 g/mol. The molecular formula is C18H19ClN2O5. The molecule has 2 heterocycles. The molecule has 0 saturated carbocycles. The second-order valence-electron chi connectivity index (χ2n) is 6.11. The van der Waals surface area contributed by atoms with Crippen molar-refractivity contribution in [3.8, 4) is 0 Å². The summed E-state index contributed by atoms with van der Waals surface area (Å²) in [5.41, 5.74) is -0.757. The Morgan fingerprint density at radius 1 is 1.35 bits per heavy atom. The Morgan fingerprint density at radius 3 is 2.77 bits per heavy atom. The second-order valence-corrected chi connectivity index (χ2v) is 6.64. The highest BCUT2D eigenvalue weighted by atomic mass is 35.5. The summed E-state index contributed by atoms with van der Waals surface area (Å²) in [5, 5.41) is 0.150. The van der Waals surface area contributed by atoms with Crippen LogP contribution in [0.1, 0.15) is 23.2 Å². The van der Waals surface area contributed by atoms with Gasteiger partial charge in [0.1, 0.15) is 6.61 Å². The number of benzene rings is 1. The first-order valence-corrected chi connectivity index (χ1v) is 8.54. The van der Waals surface area contributed by atoms with Crippen molar-refractivity contribution in [3.63, 3.8) is 0 Å². The van der Waals surface area contributed by atoms with Crippen LogP contribution in [0.25, 0.3) is 0 Å². The molecule has 0 bridgehead atoms. The highest BCUT2D eigenvalue weighted by molar-refractivity contribution is 6.29. The van der Waals surface area contributed by atoms with E-state index in [9.17, 15) is 14.4 Å². The lowest BCUT2D eigenvalue weighted by molar-refractivity contribution is -0.156. The molecular weight excluding hydrogens is 360 g/mol. The molecule has 0 spiro atoms. The first kappa shape index (κ1) is 18.4. The van der Waals surface area contributed by atoms with Gasteiger partial charge in [-0.25, -0.2) is 4.79 Å². The van der Waals surface area contributed by atoms with Gasteiger partial charge in [0.25, 0.3) is 5.91 Å². The first-order valence-electron chi connectivity index (χ1n) is 8.17. The van der Waals surface area contributed by atoms with Crippen LogP contribution in [-0.4, -0.2) is 55.2 Å². The van der Waals surface area contributed by atoms with Gasteiger partial charge in [-0.15, -0.1) is 0 Å². The maximum Gasteiger partial charge on any atom is 0.354 e. The molecule has 26 heavy (non-hydrogen) atoms. The fourth-order valence-corrected chi connectivity index (χ4v) is 3.55. The summed E-state index contributed by atoms with van der Waals surface area (Å²) in [6, 6.07) is 6.74. The number of esters is 1. The minimum Gasteiger partial charge on any atom is -0.457 e. The number of carbonyl (C=O) groups excluding carboxylic acids is 3. The zero-order valence-corrected chi connectivity index (χ0v) is 15.1. The third-order valence-corrected chi connectivity index (χ3v) is 4.69. The van der Waals surface area contributed by atoms with Crippen molar-refractivity contribution in [1.82, 2.24) is 4.90 Å². The lowest BCUT2D eigenvalue weighted by Crippen LogP contribution is -2.69. The summed E-state index contributed by atoms with van der Waals surface area (Å²) < 4.78 is 10.4. The lowest BCUT2D eigenvalue weighted by Gasteiger charge is -2.48. The summed E-state index contributed by atoms with van der Waals surface area (Å²) in [7, 11) is 1.50. The Bertz CT molecular complexity index is 781. The normalized spacial score (nSPS) is 21.5. The summed E-state index contributed by atoms with van der Waals surface area (Å²) in [5.74, 6) is -1.29. The van der Waals surface area contributed by atoms with E-state index in [2.05, 4.69) is 6.58 Å².